The molecule has 0 aliphatic rings. The van der Waals surface area contributed by atoms with E-state index in [2.05, 4.69) is 10.3 Å². The van der Waals surface area contributed by atoms with Crippen LogP contribution in [0.5, 0.6) is 5.75 Å². The maximum absolute atomic E-state index is 11.8. The zero-order valence-electron chi connectivity index (χ0n) is 12.0. The molecule has 2 heterocycles. The van der Waals surface area contributed by atoms with Gasteiger partial charge in [-0.05, 0) is 24.3 Å². The highest BCUT2D eigenvalue weighted by Gasteiger charge is 2.09. The van der Waals surface area contributed by atoms with Crippen LogP contribution in [0.2, 0.25) is 0 Å². The predicted octanol–water partition coefficient (Wildman–Crippen LogP) is 4.06. The van der Waals surface area contributed by atoms with Gasteiger partial charge in [0.15, 0.2) is 11.7 Å². The van der Waals surface area contributed by atoms with Gasteiger partial charge < -0.3 is 9.15 Å². The SMILES string of the molecule is O=C(COc1ccc2oc3ccccc3c2c1)Nc1nccs1. The van der Waals surface area contributed by atoms with Crippen molar-refractivity contribution in [1.29, 1.82) is 0 Å². The first-order valence-electron chi connectivity index (χ1n) is 7.03. The van der Waals surface area contributed by atoms with Crippen molar-refractivity contribution in [2.24, 2.45) is 0 Å². The summed E-state index contributed by atoms with van der Waals surface area (Å²) in [5.41, 5.74) is 1.63. The summed E-state index contributed by atoms with van der Waals surface area (Å²) in [7, 11) is 0. The van der Waals surface area contributed by atoms with Gasteiger partial charge in [0, 0.05) is 22.3 Å². The Balaban J connectivity index is 1.52. The molecule has 0 spiro atoms. The largest absolute Gasteiger partial charge is 0.484 e. The first kappa shape index (κ1) is 13.8. The van der Waals surface area contributed by atoms with Crippen molar-refractivity contribution < 1.29 is 13.9 Å². The predicted molar refractivity (Wildman–Crippen MR) is 90.0 cm³/mol. The minimum atomic E-state index is -0.239. The number of hydrogen-bond donors (Lipinski definition) is 1. The molecule has 0 fully saturated rings. The molecule has 2 aromatic carbocycles. The monoisotopic (exact) mass is 324 g/mol. The van der Waals surface area contributed by atoms with Crippen LogP contribution >= 0.6 is 11.3 Å². The molecule has 4 aromatic rings. The molecule has 0 saturated heterocycles. The average molecular weight is 324 g/mol. The number of rotatable bonds is 4. The van der Waals surface area contributed by atoms with Crippen LogP contribution in [0, 0.1) is 0 Å². The summed E-state index contributed by atoms with van der Waals surface area (Å²) in [6, 6.07) is 13.4. The van der Waals surface area contributed by atoms with Crippen molar-refractivity contribution in [2.45, 2.75) is 0 Å². The standard InChI is InChI=1S/C17H12N2O3S/c20-16(19-17-18-7-8-23-17)10-21-11-5-6-15-13(9-11)12-3-1-2-4-14(12)22-15/h1-9H,10H2,(H,18,19,20). The quantitative estimate of drug-likeness (QED) is 0.615. The molecule has 0 saturated carbocycles. The van der Waals surface area contributed by atoms with Crippen molar-refractivity contribution in [1.82, 2.24) is 4.98 Å². The van der Waals surface area contributed by atoms with Crippen molar-refractivity contribution in [2.75, 3.05) is 11.9 Å². The van der Waals surface area contributed by atoms with E-state index >= 15 is 0 Å². The summed E-state index contributed by atoms with van der Waals surface area (Å²) >= 11 is 1.37. The van der Waals surface area contributed by atoms with E-state index in [-0.39, 0.29) is 12.5 Å². The molecule has 1 N–H and O–H groups in total. The van der Waals surface area contributed by atoms with Gasteiger partial charge in [0.05, 0.1) is 0 Å². The van der Waals surface area contributed by atoms with Crippen molar-refractivity contribution >= 4 is 44.3 Å². The number of hydrogen-bond acceptors (Lipinski definition) is 5. The topological polar surface area (TPSA) is 64.4 Å². The summed E-state index contributed by atoms with van der Waals surface area (Å²) in [5, 5.41) is 7.04. The lowest BCUT2D eigenvalue weighted by Gasteiger charge is -2.05. The van der Waals surface area contributed by atoms with Gasteiger partial charge in [0.2, 0.25) is 0 Å². The van der Waals surface area contributed by atoms with Crippen LogP contribution in [0.3, 0.4) is 0 Å². The maximum atomic E-state index is 11.8. The van der Waals surface area contributed by atoms with Crippen LogP contribution in [0.15, 0.2) is 58.5 Å². The normalized spacial score (nSPS) is 11.0. The average Bonchev–Trinajstić information content (AvgIpc) is 3.20. The van der Waals surface area contributed by atoms with E-state index in [1.807, 2.05) is 36.4 Å². The lowest BCUT2D eigenvalue weighted by molar-refractivity contribution is -0.118. The number of carbonyl (C=O) groups excluding carboxylic acids is 1. The van der Waals surface area contributed by atoms with Crippen molar-refractivity contribution in [3.05, 3.63) is 54.0 Å². The second-order valence-corrected chi connectivity index (χ2v) is 5.82. The highest BCUT2D eigenvalue weighted by Crippen LogP contribution is 2.31. The molecule has 1 amide bonds. The van der Waals surface area contributed by atoms with Crippen molar-refractivity contribution in [3.63, 3.8) is 0 Å². The smallest absolute Gasteiger partial charge is 0.264 e. The molecule has 5 nitrogen and oxygen atoms in total. The molecule has 0 aliphatic heterocycles. The van der Waals surface area contributed by atoms with Crippen LogP contribution < -0.4 is 10.1 Å². The second kappa shape index (κ2) is 5.73. The molecule has 0 radical (unpaired) electrons. The number of ether oxygens (including phenoxy) is 1. The third-order valence-corrected chi connectivity index (χ3v) is 4.09. The van der Waals surface area contributed by atoms with Gasteiger partial charge in [-0.3, -0.25) is 10.1 Å². The van der Waals surface area contributed by atoms with Gasteiger partial charge in [0.25, 0.3) is 5.91 Å². The molecular weight excluding hydrogens is 312 g/mol. The zero-order valence-corrected chi connectivity index (χ0v) is 12.8. The van der Waals surface area contributed by atoms with E-state index < -0.39 is 0 Å². The summed E-state index contributed by atoms with van der Waals surface area (Å²) in [6.45, 7) is -0.0686. The number of anilines is 1. The van der Waals surface area contributed by atoms with Gasteiger partial charge in [-0.1, -0.05) is 18.2 Å². The van der Waals surface area contributed by atoms with Crippen molar-refractivity contribution in [3.8, 4) is 5.75 Å². The molecule has 4 rings (SSSR count). The van der Waals surface area contributed by atoms with Gasteiger partial charge in [-0.2, -0.15) is 0 Å². The Labute approximate surface area is 135 Å². The van der Waals surface area contributed by atoms with E-state index in [0.29, 0.717) is 10.9 Å². The van der Waals surface area contributed by atoms with E-state index in [1.54, 1.807) is 17.6 Å². The number of amides is 1. The van der Waals surface area contributed by atoms with Crippen LogP contribution in [-0.2, 0) is 4.79 Å². The first-order chi connectivity index (χ1) is 11.3. The summed E-state index contributed by atoms with van der Waals surface area (Å²) in [5.74, 6) is 0.385. The van der Waals surface area contributed by atoms with Gasteiger partial charge >= 0.3 is 0 Å². The Morgan fingerprint density at radius 1 is 1.17 bits per heavy atom. The number of furan rings is 1. The molecule has 0 atom stereocenters. The summed E-state index contributed by atoms with van der Waals surface area (Å²) < 4.78 is 11.3. The number of aromatic nitrogens is 1. The number of fused-ring (bicyclic) bond motifs is 3. The van der Waals surface area contributed by atoms with Crippen LogP contribution in [0.4, 0.5) is 5.13 Å². The molecule has 6 heteroatoms. The molecule has 114 valence electrons. The molecular formula is C17H12N2O3S. The number of benzene rings is 2. The van der Waals surface area contributed by atoms with Gasteiger partial charge in [0.1, 0.15) is 16.9 Å². The van der Waals surface area contributed by atoms with Gasteiger partial charge in [-0.15, -0.1) is 11.3 Å². The van der Waals surface area contributed by atoms with Crippen LogP contribution in [0.1, 0.15) is 0 Å². The molecule has 0 bridgehead atoms. The number of carbonyl (C=O) groups is 1. The Morgan fingerprint density at radius 2 is 2.04 bits per heavy atom. The fraction of sp³-hybridized carbons (Fsp3) is 0.0588. The Hall–Kier alpha value is -2.86. The highest BCUT2D eigenvalue weighted by atomic mass is 32.1. The second-order valence-electron chi connectivity index (χ2n) is 4.93. The molecule has 2 aromatic heterocycles. The number of para-hydroxylation sites is 1. The first-order valence-corrected chi connectivity index (χ1v) is 7.91. The lowest BCUT2D eigenvalue weighted by Crippen LogP contribution is -2.19. The van der Waals surface area contributed by atoms with Crippen LogP contribution in [-0.4, -0.2) is 17.5 Å². The zero-order chi connectivity index (χ0) is 15.6. The maximum Gasteiger partial charge on any atom is 0.264 e. The van der Waals surface area contributed by atoms with E-state index in [1.165, 1.54) is 11.3 Å². The third-order valence-electron chi connectivity index (χ3n) is 3.40. The number of nitrogens with zero attached hydrogens (tertiary/aromatic N) is 1. The fourth-order valence-corrected chi connectivity index (χ4v) is 2.93. The lowest BCUT2D eigenvalue weighted by atomic mass is 10.1. The molecule has 0 aliphatic carbocycles. The van der Waals surface area contributed by atoms with Gasteiger partial charge in [-0.25, -0.2) is 4.98 Å². The molecule has 23 heavy (non-hydrogen) atoms. The minimum absolute atomic E-state index is 0.0686. The minimum Gasteiger partial charge on any atom is -0.484 e. The van der Waals surface area contributed by atoms with Crippen LogP contribution in [0.25, 0.3) is 21.9 Å². The Kier molecular flexibility index (Phi) is 3.44. The summed E-state index contributed by atoms with van der Waals surface area (Å²) in [4.78, 5) is 15.8. The number of thiazole rings is 1. The Bertz CT molecular complexity index is 976. The molecule has 0 unspecified atom stereocenters. The summed E-state index contributed by atoms with van der Waals surface area (Å²) in [6.07, 6.45) is 1.64. The Morgan fingerprint density at radius 3 is 2.91 bits per heavy atom. The highest BCUT2D eigenvalue weighted by molar-refractivity contribution is 7.13. The third kappa shape index (κ3) is 2.76. The van der Waals surface area contributed by atoms with E-state index in [4.69, 9.17) is 9.15 Å². The van der Waals surface area contributed by atoms with E-state index in [9.17, 15) is 4.79 Å². The fourth-order valence-electron chi connectivity index (χ4n) is 2.38. The van der Waals surface area contributed by atoms with E-state index in [0.717, 1.165) is 21.9 Å². The number of nitrogens with one attached hydrogen (secondary N) is 1.